The second-order valence-corrected chi connectivity index (χ2v) is 5.57. The highest BCUT2D eigenvalue weighted by molar-refractivity contribution is 7.92. The number of sulfone groups is 1. The lowest BCUT2D eigenvalue weighted by molar-refractivity contribution is -0.0436. The second-order valence-electron chi connectivity index (χ2n) is 3.63. The zero-order chi connectivity index (χ0) is 14.1. The van der Waals surface area contributed by atoms with Gasteiger partial charge in [0.15, 0.2) is 5.78 Å². The molecule has 4 nitrogen and oxygen atoms in total. The fourth-order valence-corrected chi connectivity index (χ4v) is 2.02. The van der Waals surface area contributed by atoms with Crippen LogP contribution in [0.5, 0.6) is 0 Å². The van der Waals surface area contributed by atoms with Gasteiger partial charge in [0.05, 0.1) is 10.9 Å². The Morgan fingerprint density at radius 3 is 2.33 bits per heavy atom. The van der Waals surface area contributed by atoms with Crippen molar-refractivity contribution >= 4 is 15.6 Å². The van der Waals surface area contributed by atoms with E-state index in [1.165, 1.54) is 13.0 Å². The average molecular weight is 281 g/mol. The van der Waals surface area contributed by atoms with Crippen LogP contribution in [0.3, 0.4) is 0 Å². The molecule has 0 fully saturated rings. The van der Waals surface area contributed by atoms with E-state index in [0.29, 0.717) is 6.07 Å². The summed E-state index contributed by atoms with van der Waals surface area (Å²) in [5, 5.41) is 0. The molecule has 0 heterocycles. The number of carbonyl (C=O) groups excluding carboxylic acids is 1. The summed E-state index contributed by atoms with van der Waals surface area (Å²) in [6.45, 7) is 1.35. The highest BCUT2D eigenvalue weighted by atomic mass is 32.2. The third-order valence-electron chi connectivity index (χ3n) is 2.15. The molecule has 0 radical (unpaired) electrons. The van der Waals surface area contributed by atoms with Gasteiger partial charge in [0.2, 0.25) is 0 Å². The van der Waals surface area contributed by atoms with Crippen LogP contribution in [-0.4, -0.2) is 25.8 Å². The molecule has 0 saturated heterocycles. The number of Topliss-reactive ketones (excluding diaryl/α,β-unsaturated/α-hetero) is 1. The van der Waals surface area contributed by atoms with Crippen molar-refractivity contribution in [1.29, 1.82) is 0 Å². The Morgan fingerprint density at radius 1 is 1.33 bits per heavy atom. The Morgan fingerprint density at radius 2 is 1.89 bits per heavy atom. The Balaban J connectivity index is 3.31. The molecule has 0 aliphatic heterocycles. The first-order valence-electron chi connectivity index (χ1n) is 4.78. The van der Waals surface area contributed by atoms with E-state index in [1.54, 1.807) is 0 Å². The molecule has 1 unspecified atom stereocenters. The summed E-state index contributed by atoms with van der Waals surface area (Å²) in [5.74, 6) is -0.630. The van der Waals surface area contributed by atoms with Crippen molar-refractivity contribution in [3.05, 3.63) is 29.8 Å². The van der Waals surface area contributed by atoms with Crippen molar-refractivity contribution in [1.82, 2.24) is 0 Å². The number of alkyl halides is 3. The van der Waals surface area contributed by atoms with Crippen molar-refractivity contribution < 1.29 is 26.4 Å². The molecule has 8 heteroatoms. The Kier molecular flexibility index (Phi) is 3.82. The predicted octanol–water partition coefficient (Wildman–Crippen LogP) is 1.51. The molecule has 1 rings (SSSR count). The van der Waals surface area contributed by atoms with Crippen molar-refractivity contribution in [2.45, 2.75) is 23.4 Å². The first-order valence-corrected chi connectivity index (χ1v) is 6.27. The van der Waals surface area contributed by atoms with Gasteiger partial charge in [0.25, 0.3) is 9.84 Å². The minimum atomic E-state index is -5.45. The molecule has 1 aromatic carbocycles. The summed E-state index contributed by atoms with van der Waals surface area (Å²) in [7, 11) is -5.45. The molecule has 0 aliphatic rings. The number of nitrogens with two attached hydrogens (primary N) is 1. The number of halogens is 3. The van der Waals surface area contributed by atoms with Gasteiger partial charge >= 0.3 is 5.51 Å². The van der Waals surface area contributed by atoms with Gasteiger partial charge in [-0.3, -0.25) is 4.79 Å². The first kappa shape index (κ1) is 14.7. The Hall–Kier alpha value is -1.41. The molecule has 0 spiro atoms. The van der Waals surface area contributed by atoms with E-state index in [4.69, 9.17) is 5.73 Å². The molecule has 0 aromatic heterocycles. The topological polar surface area (TPSA) is 77.2 Å². The molecule has 2 N–H and O–H groups in total. The zero-order valence-corrected chi connectivity index (χ0v) is 10.0. The van der Waals surface area contributed by atoms with Crippen molar-refractivity contribution in [2.24, 2.45) is 5.73 Å². The molecular weight excluding hydrogens is 271 g/mol. The fraction of sp³-hybridized carbons (Fsp3) is 0.300. The Bertz CT molecular complexity index is 564. The number of carbonyl (C=O) groups is 1. The highest BCUT2D eigenvalue weighted by Gasteiger charge is 2.46. The van der Waals surface area contributed by atoms with E-state index in [2.05, 4.69) is 0 Å². The molecule has 0 aliphatic carbocycles. The van der Waals surface area contributed by atoms with Gasteiger partial charge in [-0.25, -0.2) is 8.42 Å². The van der Waals surface area contributed by atoms with Crippen LogP contribution in [0, 0.1) is 0 Å². The lowest BCUT2D eigenvalue weighted by atomic mass is 10.1. The number of hydrogen-bond acceptors (Lipinski definition) is 4. The molecule has 18 heavy (non-hydrogen) atoms. The van der Waals surface area contributed by atoms with Gasteiger partial charge in [-0.15, -0.1) is 0 Å². The number of rotatable bonds is 3. The van der Waals surface area contributed by atoms with E-state index >= 15 is 0 Å². The maximum absolute atomic E-state index is 12.3. The molecule has 1 aromatic rings. The van der Waals surface area contributed by atoms with Crippen LogP contribution in [0.4, 0.5) is 13.2 Å². The third-order valence-corrected chi connectivity index (χ3v) is 3.63. The van der Waals surface area contributed by atoms with Crippen LogP contribution in [0.25, 0.3) is 0 Å². The quantitative estimate of drug-likeness (QED) is 0.852. The standard InChI is InChI=1S/C10H10F3NO3S/c1-6(14)9(15)7-3-2-4-8(5-7)18(16,17)10(11,12)13/h2-6H,14H2,1H3. The minimum absolute atomic E-state index is 0.171. The zero-order valence-electron chi connectivity index (χ0n) is 9.23. The first-order chi connectivity index (χ1) is 8.07. The Labute approximate surface area is 102 Å². The predicted molar refractivity (Wildman–Crippen MR) is 57.7 cm³/mol. The van der Waals surface area contributed by atoms with Crippen LogP contribution in [0.15, 0.2) is 29.2 Å². The molecule has 0 bridgehead atoms. The second kappa shape index (κ2) is 4.69. The van der Waals surface area contributed by atoms with Crippen LogP contribution in [0.1, 0.15) is 17.3 Å². The van der Waals surface area contributed by atoms with Crippen LogP contribution in [-0.2, 0) is 9.84 Å². The summed E-state index contributed by atoms with van der Waals surface area (Å²) >= 11 is 0. The van der Waals surface area contributed by atoms with E-state index in [0.717, 1.165) is 12.1 Å². The van der Waals surface area contributed by atoms with E-state index in [-0.39, 0.29) is 5.56 Å². The maximum atomic E-state index is 12.3. The van der Waals surface area contributed by atoms with Crippen molar-refractivity contribution in [3.63, 3.8) is 0 Å². The fourth-order valence-electron chi connectivity index (χ4n) is 1.21. The number of hydrogen-bond donors (Lipinski definition) is 1. The van der Waals surface area contributed by atoms with Gasteiger partial charge in [0, 0.05) is 5.56 Å². The summed E-state index contributed by atoms with van der Waals surface area (Å²) in [4.78, 5) is 10.5. The van der Waals surface area contributed by atoms with E-state index in [1.807, 2.05) is 0 Å². The molecule has 0 saturated carbocycles. The number of ketones is 1. The summed E-state index contributed by atoms with van der Waals surface area (Å²) in [5.41, 5.74) is -0.279. The van der Waals surface area contributed by atoms with E-state index in [9.17, 15) is 26.4 Å². The highest BCUT2D eigenvalue weighted by Crippen LogP contribution is 2.30. The van der Waals surface area contributed by atoms with Crippen LogP contribution >= 0.6 is 0 Å². The van der Waals surface area contributed by atoms with Crippen LogP contribution < -0.4 is 5.73 Å². The largest absolute Gasteiger partial charge is 0.501 e. The summed E-state index contributed by atoms with van der Waals surface area (Å²) in [6, 6.07) is 2.80. The molecule has 0 amide bonds. The summed E-state index contributed by atoms with van der Waals surface area (Å²) < 4.78 is 59.2. The smallest absolute Gasteiger partial charge is 0.321 e. The maximum Gasteiger partial charge on any atom is 0.501 e. The monoisotopic (exact) mass is 281 g/mol. The van der Waals surface area contributed by atoms with E-state index < -0.39 is 32.1 Å². The van der Waals surface area contributed by atoms with Gasteiger partial charge in [0.1, 0.15) is 0 Å². The lowest BCUT2D eigenvalue weighted by Gasteiger charge is -2.10. The lowest BCUT2D eigenvalue weighted by Crippen LogP contribution is -2.27. The van der Waals surface area contributed by atoms with Gasteiger partial charge in [-0.1, -0.05) is 12.1 Å². The van der Waals surface area contributed by atoms with Gasteiger partial charge in [-0.05, 0) is 19.1 Å². The summed E-state index contributed by atoms with van der Waals surface area (Å²) in [6.07, 6.45) is 0. The molecule has 1 atom stereocenters. The normalized spacial score (nSPS) is 14.3. The van der Waals surface area contributed by atoms with Crippen LogP contribution in [0.2, 0.25) is 0 Å². The SMILES string of the molecule is CC(N)C(=O)c1cccc(S(=O)(=O)C(F)(F)F)c1. The number of benzene rings is 1. The molecule has 100 valence electrons. The minimum Gasteiger partial charge on any atom is -0.321 e. The van der Waals surface area contributed by atoms with Crippen molar-refractivity contribution in [3.8, 4) is 0 Å². The molecular formula is C10H10F3NO3S. The average Bonchev–Trinajstić information content (AvgIpc) is 2.26. The van der Waals surface area contributed by atoms with Crippen molar-refractivity contribution in [2.75, 3.05) is 0 Å². The van der Waals surface area contributed by atoms with Gasteiger partial charge in [-0.2, -0.15) is 13.2 Å². The van der Waals surface area contributed by atoms with Gasteiger partial charge < -0.3 is 5.73 Å². The third kappa shape index (κ3) is 2.70.